The number of carboxylic acid groups (broad SMARTS) is 2. The number of amides is 3. The summed E-state index contributed by atoms with van der Waals surface area (Å²) >= 11 is 0. The van der Waals surface area contributed by atoms with Gasteiger partial charge in [-0.2, -0.15) is 0 Å². The standard InChI is InChI=1S/C19H32N4O7/c1-4-10(2)15(19(29)30)22-17(27)13-6-5-9-23(13)18(28)12(7-8-14(24)25)21-16(26)11(3)20/h10-13,15H,4-9,20H2,1-3H3,(H,21,26)(H,22,27)(H,24,25)(H,29,30). The largest absolute Gasteiger partial charge is 0.481 e. The van der Waals surface area contributed by atoms with Crippen LogP contribution in [0, 0.1) is 5.92 Å². The second-order valence-corrected chi connectivity index (χ2v) is 7.68. The van der Waals surface area contributed by atoms with Gasteiger partial charge >= 0.3 is 11.9 Å². The van der Waals surface area contributed by atoms with Crippen LogP contribution in [0.3, 0.4) is 0 Å². The maximum absolute atomic E-state index is 13.0. The second kappa shape index (κ2) is 11.5. The summed E-state index contributed by atoms with van der Waals surface area (Å²) in [5.41, 5.74) is 5.52. The van der Waals surface area contributed by atoms with Gasteiger partial charge in [-0.3, -0.25) is 19.2 Å². The molecule has 3 amide bonds. The number of hydrogen-bond acceptors (Lipinski definition) is 6. The number of nitrogens with zero attached hydrogens (tertiary/aromatic N) is 1. The summed E-state index contributed by atoms with van der Waals surface area (Å²) in [4.78, 5) is 61.4. The van der Waals surface area contributed by atoms with Gasteiger partial charge in [0.2, 0.25) is 17.7 Å². The van der Waals surface area contributed by atoms with Crippen LogP contribution in [0.5, 0.6) is 0 Å². The van der Waals surface area contributed by atoms with E-state index in [1.807, 2.05) is 6.92 Å². The predicted octanol–water partition coefficient (Wildman–Crippen LogP) is -0.710. The smallest absolute Gasteiger partial charge is 0.326 e. The lowest BCUT2D eigenvalue weighted by atomic mass is 9.98. The third-order valence-corrected chi connectivity index (χ3v) is 5.29. The van der Waals surface area contributed by atoms with Crippen molar-refractivity contribution in [2.24, 2.45) is 11.7 Å². The first-order chi connectivity index (χ1) is 14.0. The van der Waals surface area contributed by atoms with E-state index >= 15 is 0 Å². The monoisotopic (exact) mass is 428 g/mol. The first kappa shape index (κ1) is 25.3. The van der Waals surface area contributed by atoms with E-state index in [2.05, 4.69) is 10.6 Å². The molecule has 0 spiro atoms. The fourth-order valence-corrected chi connectivity index (χ4v) is 3.26. The molecule has 5 atom stereocenters. The molecule has 1 aliphatic rings. The van der Waals surface area contributed by atoms with Crippen LogP contribution in [0.25, 0.3) is 0 Å². The summed E-state index contributed by atoms with van der Waals surface area (Å²) in [5.74, 6) is -4.36. The molecule has 11 heteroatoms. The number of hydrogen-bond donors (Lipinski definition) is 5. The van der Waals surface area contributed by atoms with Crippen molar-refractivity contribution in [3.63, 3.8) is 0 Å². The molecule has 0 saturated carbocycles. The van der Waals surface area contributed by atoms with Crippen LogP contribution in [0.4, 0.5) is 0 Å². The molecule has 0 aromatic carbocycles. The summed E-state index contributed by atoms with van der Waals surface area (Å²) in [6.07, 6.45) is 0.914. The maximum Gasteiger partial charge on any atom is 0.326 e. The predicted molar refractivity (Wildman–Crippen MR) is 106 cm³/mol. The quantitative estimate of drug-likeness (QED) is 0.286. The van der Waals surface area contributed by atoms with Crippen LogP contribution >= 0.6 is 0 Å². The highest BCUT2D eigenvalue weighted by atomic mass is 16.4. The molecule has 0 bridgehead atoms. The van der Waals surface area contributed by atoms with E-state index < -0.39 is 53.8 Å². The molecule has 170 valence electrons. The van der Waals surface area contributed by atoms with Crippen molar-refractivity contribution in [3.05, 3.63) is 0 Å². The van der Waals surface area contributed by atoms with E-state index in [0.29, 0.717) is 19.3 Å². The topological polar surface area (TPSA) is 179 Å². The molecule has 1 rings (SSSR count). The molecule has 1 fully saturated rings. The number of rotatable bonds is 11. The Labute approximate surface area is 175 Å². The molecule has 0 radical (unpaired) electrons. The molecule has 0 aromatic rings. The van der Waals surface area contributed by atoms with E-state index in [0.717, 1.165) is 0 Å². The fraction of sp³-hybridized carbons (Fsp3) is 0.737. The molecular weight excluding hydrogens is 396 g/mol. The average molecular weight is 428 g/mol. The van der Waals surface area contributed by atoms with Crippen molar-refractivity contribution in [2.75, 3.05) is 6.54 Å². The Balaban J connectivity index is 2.97. The van der Waals surface area contributed by atoms with Crippen LogP contribution in [0.1, 0.15) is 52.9 Å². The van der Waals surface area contributed by atoms with Crippen LogP contribution < -0.4 is 16.4 Å². The normalized spacial score (nSPS) is 20.0. The molecule has 0 aliphatic carbocycles. The molecular formula is C19H32N4O7. The van der Waals surface area contributed by atoms with Crippen molar-refractivity contribution in [2.45, 2.75) is 77.0 Å². The lowest BCUT2D eigenvalue weighted by Gasteiger charge is -2.30. The lowest BCUT2D eigenvalue weighted by Crippen LogP contribution is -2.57. The number of nitrogens with one attached hydrogen (secondary N) is 2. The first-order valence-corrected chi connectivity index (χ1v) is 10.1. The number of aliphatic carboxylic acids is 2. The minimum Gasteiger partial charge on any atom is -0.481 e. The van der Waals surface area contributed by atoms with Crippen molar-refractivity contribution in [3.8, 4) is 0 Å². The highest BCUT2D eigenvalue weighted by molar-refractivity contribution is 5.94. The SMILES string of the molecule is CCC(C)C(NC(=O)C1CCCN1C(=O)C(CCC(=O)O)NC(=O)C(C)N)C(=O)O. The minimum absolute atomic E-state index is 0.151. The van der Waals surface area contributed by atoms with Crippen molar-refractivity contribution in [1.82, 2.24) is 15.5 Å². The summed E-state index contributed by atoms with van der Waals surface area (Å²) in [5, 5.41) is 23.3. The Kier molecular flexibility index (Phi) is 9.70. The van der Waals surface area contributed by atoms with E-state index in [9.17, 15) is 29.1 Å². The number of carboxylic acids is 2. The Hall–Kier alpha value is -2.69. The number of carbonyl (C=O) groups is 5. The molecule has 11 nitrogen and oxygen atoms in total. The number of carbonyl (C=O) groups excluding carboxylic acids is 3. The van der Waals surface area contributed by atoms with Gasteiger partial charge in [-0.25, -0.2) is 4.79 Å². The zero-order valence-corrected chi connectivity index (χ0v) is 17.6. The van der Waals surface area contributed by atoms with Gasteiger partial charge in [0, 0.05) is 13.0 Å². The van der Waals surface area contributed by atoms with Gasteiger partial charge in [0.25, 0.3) is 0 Å². The number of nitrogens with two attached hydrogens (primary N) is 1. The van der Waals surface area contributed by atoms with E-state index in [1.165, 1.54) is 11.8 Å². The van der Waals surface area contributed by atoms with E-state index in [-0.39, 0.29) is 25.3 Å². The Bertz CT molecular complexity index is 667. The molecule has 0 aromatic heterocycles. The molecule has 1 heterocycles. The minimum atomic E-state index is -1.16. The first-order valence-electron chi connectivity index (χ1n) is 10.1. The Morgan fingerprint density at radius 3 is 2.27 bits per heavy atom. The van der Waals surface area contributed by atoms with Gasteiger partial charge < -0.3 is 31.5 Å². The maximum atomic E-state index is 13.0. The van der Waals surface area contributed by atoms with Crippen LogP contribution in [0.15, 0.2) is 0 Å². The lowest BCUT2D eigenvalue weighted by molar-refractivity contribution is -0.146. The van der Waals surface area contributed by atoms with Crippen molar-refractivity contribution < 1.29 is 34.2 Å². The summed E-state index contributed by atoms with van der Waals surface area (Å²) in [6, 6.07) is -4.00. The van der Waals surface area contributed by atoms with Crippen molar-refractivity contribution in [1.29, 1.82) is 0 Å². The molecule has 30 heavy (non-hydrogen) atoms. The zero-order chi connectivity index (χ0) is 23.0. The Morgan fingerprint density at radius 2 is 1.77 bits per heavy atom. The van der Waals surface area contributed by atoms with Gasteiger partial charge in [-0.1, -0.05) is 20.3 Å². The summed E-state index contributed by atoms with van der Waals surface area (Å²) < 4.78 is 0. The van der Waals surface area contributed by atoms with Gasteiger partial charge in [0.15, 0.2) is 0 Å². The number of likely N-dealkylation sites (tertiary alicyclic amines) is 1. The van der Waals surface area contributed by atoms with Gasteiger partial charge in [-0.05, 0) is 32.1 Å². The summed E-state index contributed by atoms with van der Waals surface area (Å²) in [6.45, 7) is 5.20. The molecule has 1 aliphatic heterocycles. The van der Waals surface area contributed by atoms with E-state index in [4.69, 9.17) is 10.8 Å². The third-order valence-electron chi connectivity index (χ3n) is 5.29. The van der Waals surface area contributed by atoms with Crippen molar-refractivity contribution >= 4 is 29.7 Å². The Morgan fingerprint density at radius 1 is 1.13 bits per heavy atom. The highest BCUT2D eigenvalue weighted by Crippen LogP contribution is 2.21. The summed E-state index contributed by atoms with van der Waals surface area (Å²) in [7, 11) is 0. The van der Waals surface area contributed by atoms with Gasteiger partial charge in [0.1, 0.15) is 18.1 Å². The molecule has 5 unspecified atom stereocenters. The van der Waals surface area contributed by atoms with Crippen LogP contribution in [-0.2, 0) is 24.0 Å². The van der Waals surface area contributed by atoms with Crippen LogP contribution in [-0.4, -0.2) is 75.5 Å². The highest BCUT2D eigenvalue weighted by Gasteiger charge is 2.39. The molecule has 6 N–H and O–H groups in total. The van der Waals surface area contributed by atoms with Gasteiger partial charge in [0.05, 0.1) is 6.04 Å². The fourth-order valence-electron chi connectivity index (χ4n) is 3.26. The van der Waals surface area contributed by atoms with Crippen LogP contribution in [0.2, 0.25) is 0 Å². The second-order valence-electron chi connectivity index (χ2n) is 7.68. The zero-order valence-electron chi connectivity index (χ0n) is 17.6. The third kappa shape index (κ3) is 6.97. The average Bonchev–Trinajstić information content (AvgIpc) is 3.17. The van der Waals surface area contributed by atoms with Gasteiger partial charge in [-0.15, -0.1) is 0 Å². The molecule has 1 saturated heterocycles. The van der Waals surface area contributed by atoms with E-state index in [1.54, 1.807) is 6.92 Å².